The third-order valence-electron chi connectivity index (χ3n) is 5.81. The van der Waals surface area contributed by atoms with E-state index in [-0.39, 0.29) is 18.0 Å². The van der Waals surface area contributed by atoms with Gasteiger partial charge in [-0.1, -0.05) is 4.40 Å². The Morgan fingerprint density at radius 3 is 2.57 bits per heavy atom. The Bertz CT molecular complexity index is 780. The second-order valence-electron chi connectivity index (χ2n) is 8.99. The summed E-state index contributed by atoms with van der Waals surface area (Å²) in [5.74, 6) is 1.67. The lowest BCUT2D eigenvalue weighted by atomic mass is 9.77. The second-order valence-corrected chi connectivity index (χ2v) is 10.9. The molecule has 166 valence electrons. The van der Waals surface area contributed by atoms with Gasteiger partial charge in [0.2, 0.25) is 0 Å². The van der Waals surface area contributed by atoms with Crippen LogP contribution in [0, 0.1) is 11.8 Å². The standard InChI is InChI=1S/C23H33NO5S/c1-6-28-22(25)16-9-7-15(8-10-16)20-14-19(24-30(26)23(2,3)4)18-12-11-17(27-5)13-21(18)29-20/h11-13,15-16,20H,6-10,14H2,1-5H3/b24-19+/t15-,16-,20-,30-/m1/s1. The molecule has 0 bridgehead atoms. The zero-order chi connectivity index (χ0) is 21.9. The average Bonchev–Trinajstić information content (AvgIpc) is 2.72. The zero-order valence-corrected chi connectivity index (χ0v) is 19.4. The molecule has 0 N–H and O–H groups in total. The van der Waals surface area contributed by atoms with Gasteiger partial charge in [-0.25, -0.2) is 0 Å². The molecule has 0 aromatic heterocycles. The van der Waals surface area contributed by atoms with E-state index in [4.69, 9.17) is 14.2 Å². The maximum Gasteiger partial charge on any atom is 0.308 e. The number of nitrogens with zero attached hydrogens (tertiary/aromatic N) is 1. The third kappa shape index (κ3) is 5.30. The molecule has 7 heteroatoms. The number of benzene rings is 1. The van der Waals surface area contributed by atoms with Gasteiger partial charge >= 0.3 is 5.97 Å². The monoisotopic (exact) mass is 435 g/mol. The maximum absolute atomic E-state index is 12.7. The van der Waals surface area contributed by atoms with Crippen LogP contribution in [0.3, 0.4) is 0 Å². The van der Waals surface area contributed by atoms with E-state index < -0.39 is 16.1 Å². The quantitative estimate of drug-likeness (QED) is 0.504. The van der Waals surface area contributed by atoms with Crippen molar-refractivity contribution in [3.05, 3.63) is 23.8 Å². The normalized spacial score (nSPS) is 26.5. The molecule has 0 spiro atoms. The van der Waals surface area contributed by atoms with Crippen molar-refractivity contribution in [1.29, 1.82) is 0 Å². The summed E-state index contributed by atoms with van der Waals surface area (Å²) < 4.78 is 33.9. The van der Waals surface area contributed by atoms with E-state index in [9.17, 15) is 9.35 Å². The van der Waals surface area contributed by atoms with Gasteiger partial charge in [0.15, 0.2) is 0 Å². The molecule has 1 aliphatic heterocycles. The van der Waals surface area contributed by atoms with Crippen LogP contribution in [0.15, 0.2) is 22.6 Å². The summed E-state index contributed by atoms with van der Waals surface area (Å²) in [6, 6.07) is 5.69. The van der Waals surface area contributed by atoms with Gasteiger partial charge in [0.1, 0.15) is 39.4 Å². The Hall–Kier alpha value is -1.73. The lowest BCUT2D eigenvalue weighted by Crippen LogP contribution is -2.38. The number of hydrogen-bond acceptors (Lipinski definition) is 6. The van der Waals surface area contributed by atoms with Crippen LogP contribution in [0.5, 0.6) is 11.5 Å². The number of carbonyl (C=O) groups is 1. The minimum Gasteiger partial charge on any atom is -0.591 e. The number of esters is 1. The predicted molar refractivity (Wildman–Crippen MR) is 119 cm³/mol. The van der Waals surface area contributed by atoms with Crippen LogP contribution in [-0.4, -0.2) is 40.8 Å². The van der Waals surface area contributed by atoms with Crippen LogP contribution in [0.25, 0.3) is 0 Å². The topological polar surface area (TPSA) is 80.2 Å². The Morgan fingerprint density at radius 1 is 1.27 bits per heavy atom. The van der Waals surface area contributed by atoms with Crippen molar-refractivity contribution in [2.75, 3.05) is 13.7 Å². The summed E-state index contributed by atoms with van der Waals surface area (Å²) in [7, 11) is 1.63. The molecule has 1 heterocycles. The van der Waals surface area contributed by atoms with Gasteiger partial charge in [-0.15, -0.1) is 0 Å². The first-order valence-electron chi connectivity index (χ1n) is 10.7. The van der Waals surface area contributed by atoms with Crippen molar-refractivity contribution in [1.82, 2.24) is 0 Å². The van der Waals surface area contributed by atoms with Gasteiger partial charge in [0.25, 0.3) is 0 Å². The van der Waals surface area contributed by atoms with Crippen LogP contribution in [0.4, 0.5) is 0 Å². The Labute approximate surface area is 182 Å². The molecular formula is C23H33NO5S. The van der Waals surface area contributed by atoms with Crippen LogP contribution in [0.2, 0.25) is 0 Å². The van der Waals surface area contributed by atoms with Crippen LogP contribution < -0.4 is 9.47 Å². The van der Waals surface area contributed by atoms with Gasteiger partial charge in [-0.05, 0) is 71.4 Å². The molecule has 2 atom stereocenters. The number of fused-ring (bicyclic) bond motifs is 1. The highest BCUT2D eigenvalue weighted by atomic mass is 32.2. The van der Waals surface area contributed by atoms with E-state index in [1.165, 1.54) is 0 Å². The van der Waals surface area contributed by atoms with E-state index in [0.29, 0.717) is 18.9 Å². The van der Waals surface area contributed by atoms with Crippen molar-refractivity contribution >= 4 is 23.0 Å². The van der Waals surface area contributed by atoms with Crippen molar-refractivity contribution in [3.63, 3.8) is 0 Å². The van der Waals surface area contributed by atoms with Crippen molar-refractivity contribution in [2.24, 2.45) is 16.2 Å². The van der Waals surface area contributed by atoms with E-state index in [2.05, 4.69) is 4.40 Å². The Morgan fingerprint density at radius 2 is 1.97 bits per heavy atom. The maximum atomic E-state index is 12.7. The molecule has 1 saturated carbocycles. The van der Waals surface area contributed by atoms with Gasteiger partial charge in [-0.3, -0.25) is 4.79 Å². The lowest BCUT2D eigenvalue weighted by molar-refractivity contribution is -0.149. The predicted octanol–water partition coefficient (Wildman–Crippen LogP) is 4.47. The molecule has 6 nitrogen and oxygen atoms in total. The zero-order valence-electron chi connectivity index (χ0n) is 18.6. The summed E-state index contributed by atoms with van der Waals surface area (Å²) in [6.45, 7) is 8.04. The SMILES string of the molecule is CCOC(=O)[C@H]1CC[C@H]([C@H]2C/C(=N\[S@+]([O-])C(C)(C)C)c3ccc(OC)cc3O2)CC1. The van der Waals surface area contributed by atoms with Gasteiger partial charge in [0, 0.05) is 18.1 Å². The van der Waals surface area contributed by atoms with Crippen molar-refractivity contribution in [3.8, 4) is 11.5 Å². The molecule has 0 unspecified atom stereocenters. The van der Waals surface area contributed by atoms with Gasteiger partial charge in [-0.2, -0.15) is 0 Å². The summed E-state index contributed by atoms with van der Waals surface area (Å²) >= 11 is -1.34. The smallest absolute Gasteiger partial charge is 0.308 e. The first kappa shape index (κ1) is 22.9. The van der Waals surface area contributed by atoms with Crippen molar-refractivity contribution in [2.45, 2.75) is 70.7 Å². The summed E-state index contributed by atoms with van der Waals surface area (Å²) in [4.78, 5) is 12.1. The summed E-state index contributed by atoms with van der Waals surface area (Å²) in [6.07, 6.45) is 4.01. The molecular weight excluding hydrogens is 402 g/mol. The highest BCUT2D eigenvalue weighted by Crippen LogP contribution is 2.40. The molecule has 1 aliphatic carbocycles. The fourth-order valence-electron chi connectivity index (χ4n) is 4.04. The molecule has 2 aliphatic rings. The number of ether oxygens (including phenoxy) is 3. The number of methoxy groups -OCH3 is 1. The first-order valence-corrected chi connectivity index (χ1v) is 11.8. The van der Waals surface area contributed by atoms with Crippen LogP contribution in [0.1, 0.15) is 65.4 Å². The van der Waals surface area contributed by atoms with Gasteiger partial charge < -0.3 is 18.8 Å². The third-order valence-corrected chi connectivity index (χ3v) is 7.24. The number of carbonyl (C=O) groups excluding carboxylic acids is 1. The highest BCUT2D eigenvalue weighted by Gasteiger charge is 2.37. The minimum absolute atomic E-state index is 0.0151. The van der Waals surface area contributed by atoms with Crippen LogP contribution >= 0.6 is 0 Å². The molecule has 3 rings (SSSR count). The molecule has 0 saturated heterocycles. The molecule has 1 aromatic rings. The fourth-order valence-corrected chi connectivity index (χ4v) is 4.69. The number of hydrogen-bond donors (Lipinski definition) is 0. The highest BCUT2D eigenvalue weighted by molar-refractivity contribution is 7.91. The molecule has 0 radical (unpaired) electrons. The fraction of sp³-hybridized carbons (Fsp3) is 0.652. The van der Waals surface area contributed by atoms with Crippen LogP contribution in [-0.2, 0) is 20.9 Å². The molecule has 0 amide bonds. The van der Waals surface area contributed by atoms with E-state index in [1.54, 1.807) is 7.11 Å². The average molecular weight is 436 g/mol. The van der Waals surface area contributed by atoms with E-state index in [1.807, 2.05) is 45.9 Å². The van der Waals surface area contributed by atoms with E-state index in [0.717, 1.165) is 48.5 Å². The van der Waals surface area contributed by atoms with Gasteiger partial charge in [0.05, 0.1) is 19.6 Å². The number of rotatable bonds is 5. The van der Waals surface area contributed by atoms with Crippen molar-refractivity contribution < 1.29 is 23.6 Å². The lowest BCUT2D eigenvalue weighted by Gasteiger charge is -2.36. The minimum atomic E-state index is -1.34. The summed E-state index contributed by atoms with van der Waals surface area (Å²) in [5, 5.41) is 0. The Balaban J connectivity index is 1.80. The Kier molecular flexibility index (Phi) is 7.34. The first-order chi connectivity index (χ1) is 14.2. The largest absolute Gasteiger partial charge is 0.591 e. The molecule has 1 aromatic carbocycles. The second kappa shape index (κ2) is 9.60. The molecule has 30 heavy (non-hydrogen) atoms. The molecule has 1 fully saturated rings. The van der Waals surface area contributed by atoms with E-state index >= 15 is 0 Å². The summed E-state index contributed by atoms with van der Waals surface area (Å²) in [5.41, 5.74) is 1.70.